The minimum Gasteiger partial charge on any atom is -0.489 e. The molecule has 116 valence electrons. The zero-order valence-corrected chi connectivity index (χ0v) is 12.7. The maximum absolute atomic E-state index is 11.6. The number of fused-ring (bicyclic) bond motifs is 1. The second kappa shape index (κ2) is 6.48. The van der Waals surface area contributed by atoms with Crippen LogP contribution in [0.1, 0.15) is 27.4 Å². The van der Waals surface area contributed by atoms with Crippen LogP contribution in [0, 0.1) is 0 Å². The Hall–Kier alpha value is -2.88. The summed E-state index contributed by atoms with van der Waals surface area (Å²) in [6, 6.07) is 14.8. The molecule has 0 amide bonds. The van der Waals surface area contributed by atoms with Crippen molar-refractivity contribution in [2.75, 3.05) is 13.7 Å². The molecule has 0 spiro atoms. The van der Waals surface area contributed by atoms with Gasteiger partial charge in [-0.25, -0.2) is 4.79 Å². The zero-order valence-electron chi connectivity index (χ0n) is 12.7. The monoisotopic (exact) mass is 308 g/mol. The van der Waals surface area contributed by atoms with Crippen LogP contribution in [0.25, 0.3) is 6.08 Å². The zero-order chi connectivity index (χ0) is 16.2. The SMILES string of the molecule is COC(=O)c1ccc2c(c1)OCC(=Cc1ccccc1)C2C=O. The van der Waals surface area contributed by atoms with E-state index in [0.29, 0.717) is 17.9 Å². The topological polar surface area (TPSA) is 52.6 Å². The highest BCUT2D eigenvalue weighted by atomic mass is 16.5. The molecule has 0 bridgehead atoms. The van der Waals surface area contributed by atoms with Crippen LogP contribution >= 0.6 is 0 Å². The van der Waals surface area contributed by atoms with Gasteiger partial charge in [0.1, 0.15) is 18.6 Å². The minimum atomic E-state index is -0.426. The standard InChI is InChI=1S/C19H16O4/c1-22-19(21)14-7-8-16-17(11-20)15(12-23-18(16)10-14)9-13-5-3-2-4-6-13/h2-11,17H,12H2,1H3. The Labute approximate surface area is 134 Å². The normalized spacial score (nSPS) is 18.0. The lowest BCUT2D eigenvalue weighted by Gasteiger charge is -2.25. The Morgan fingerprint density at radius 3 is 2.70 bits per heavy atom. The molecule has 0 aromatic heterocycles. The number of ether oxygens (including phenoxy) is 2. The van der Waals surface area contributed by atoms with E-state index in [4.69, 9.17) is 9.47 Å². The summed E-state index contributed by atoms with van der Waals surface area (Å²) in [7, 11) is 1.33. The van der Waals surface area contributed by atoms with E-state index >= 15 is 0 Å². The molecule has 2 aromatic rings. The smallest absolute Gasteiger partial charge is 0.337 e. The Morgan fingerprint density at radius 1 is 1.22 bits per heavy atom. The first-order valence-corrected chi connectivity index (χ1v) is 7.29. The van der Waals surface area contributed by atoms with Gasteiger partial charge in [0.15, 0.2) is 0 Å². The van der Waals surface area contributed by atoms with Gasteiger partial charge in [-0.05, 0) is 23.3 Å². The third-order valence-corrected chi connectivity index (χ3v) is 3.85. The molecule has 2 aromatic carbocycles. The molecule has 1 atom stereocenters. The first-order valence-electron chi connectivity index (χ1n) is 7.29. The molecule has 0 N–H and O–H groups in total. The van der Waals surface area contributed by atoms with Gasteiger partial charge in [0.05, 0.1) is 18.6 Å². The van der Waals surface area contributed by atoms with E-state index in [0.717, 1.165) is 23.0 Å². The van der Waals surface area contributed by atoms with Crippen molar-refractivity contribution in [2.24, 2.45) is 0 Å². The van der Waals surface area contributed by atoms with Crippen LogP contribution in [-0.2, 0) is 9.53 Å². The third-order valence-electron chi connectivity index (χ3n) is 3.85. The van der Waals surface area contributed by atoms with Gasteiger partial charge in [-0.15, -0.1) is 0 Å². The molecule has 3 rings (SSSR count). The Bertz CT molecular complexity index is 762. The van der Waals surface area contributed by atoms with Crippen molar-refractivity contribution in [1.82, 2.24) is 0 Å². The molecule has 4 heteroatoms. The highest BCUT2D eigenvalue weighted by Crippen LogP contribution is 2.37. The molecule has 0 saturated heterocycles. The van der Waals surface area contributed by atoms with Gasteiger partial charge in [0, 0.05) is 5.56 Å². The number of hydrogen-bond acceptors (Lipinski definition) is 4. The highest BCUT2D eigenvalue weighted by Gasteiger charge is 2.26. The summed E-state index contributed by atoms with van der Waals surface area (Å²) in [6.45, 7) is 0.315. The molecule has 1 unspecified atom stereocenters. The van der Waals surface area contributed by atoms with Crippen molar-refractivity contribution < 1.29 is 19.1 Å². The van der Waals surface area contributed by atoms with Crippen LogP contribution < -0.4 is 4.74 Å². The molecular formula is C19H16O4. The van der Waals surface area contributed by atoms with E-state index in [1.807, 2.05) is 36.4 Å². The van der Waals surface area contributed by atoms with Crippen molar-refractivity contribution in [3.05, 3.63) is 70.8 Å². The van der Waals surface area contributed by atoms with Gasteiger partial charge in [-0.3, -0.25) is 0 Å². The minimum absolute atomic E-state index is 0.315. The molecule has 0 aliphatic carbocycles. The first-order chi connectivity index (χ1) is 11.2. The second-order valence-corrected chi connectivity index (χ2v) is 5.28. The summed E-state index contributed by atoms with van der Waals surface area (Å²) >= 11 is 0. The number of hydrogen-bond donors (Lipinski definition) is 0. The van der Waals surface area contributed by atoms with E-state index in [9.17, 15) is 9.59 Å². The average molecular weight is 308 g/mol. The maximum atomic E-state index is 11.6. The molecular weight excluding hydrogens is 292 g/mol. The van der Waals surface area contributed by atoms with Crippen molar-refractivity contribution in [1.29, 1.82) is 0 Å². The summed E-state index contributed by atoms with van der Waals surface area (Å²) in [6.07, 6.45) is 2.88. The molecule has 1 aliphatic heterocycles. The first kappa shape index (κ1) is 15.0. The molecule has 1 aliphatic rings. The van der Waals surface area contributed by atoms with Crippen molar-refractivity contribution in [3.8, 4) is 5.75 Å². The van der Waals surface area contributed by atoms with Crippen LogP contribution in [0.2, 0.25) is 0 Å². The van der Waals surface area contributed by atoms with Gasteiger partial charge < -0.3 is 14.3 Å². The summed E-state index contributed by atoms with van der Waals surface area (Å²) in [4.78, 5) is 23.2. The summed E-state index contributed by atoms with van der Waals surface area (Å²) in [5.74, 6) is -0.245. The number of carbonyl (C=O) groups is 2. The van der Waals surface area contributed by atoms with E-state index < -0.39 is 5.97 Å². The lowest BCUT2D eigenvalue weighted by atomic mass is 9.88. The van der Waals surface area contributed by atoms with Crippen molar-refractivity contribution >= 4 is 18.3 Å². The fourth-order valence-electron chi connectivity index (χ4n) is 2.67. The number of benzene rings is 2. The van der Waals surface area contributed by atoms with Gasteiger partial charge in [-0.1, -0.05) is 42.5 Å². The fourth-order valence-corrected chi connectivity index (χ4v) is 2.67. The number of rotatable bonds is 3. The molecule has 0 saturated carbocycles. The summed E-state index contributed by atoms with van der Waals surface area (Å²) < 4.78 is 10.4. The quantitative estimate of drug-likeness (QED) is 0.645. The van der Waals surface area contributed by atoms with E-state index in [1.54, 1.807) is 18.2 Å². The largest absolute Gasteiger partial charge is 0.489 e. The lowest BCUT2D eigenvalue weighted by molar-refractivity contribution is -0.108. The van der Waals surface area contributed by atoms with Crippen LogP contribution in [0.3, 0.4) is 0 Å². The predicted octanol–water partition coefficient (Wildman–Crippen LogP) is 3.23. The average Bonchev–Trinajstić information content (AvgIpc) is 2.61. The molecule has 0 radical (unpaired) electrons. The molecule has 4 nitrogen and oxygen atoms in total. The van der Waals surface area contributed by atoms with E-state index in [1.165, 1.54) is 7.11 Å². The van der Waals surface area contributed by atoms with Crippen molar-refractivity contribution in [2.45, 2.75) is 5.92 Å². The van der Waals surface area contributed by atoms with Crippen LogP contribution in [0.5, 0.6) is 5.75 Å². The predicted molar refractivity (Wildman–Crippen MR) is 86.5 cm³/mol. The Kier molecular flexibility index (Phi) is 4.24. The number of aldehydes is 1. The molecule has 23 heavy (non-hydrogen) atoms. The van der Waals surface area contributed by atoms with Gasteiger partial charge >= 0.3 is 5.97 Å². The number of esters is 1. The van der Waals surface area contributed by atoms with Crippen LogP contribution in [0.15, 0.2) is 54.1 Å². The highest BCUT2D eigenvalue weighted by molar-refractivity contribution is 5.90. The van der Waals surface area contributed by atoms with E-state index in [2.05, 4.69) is 0 Å². The molecule has 0 fully saturated rings. The van der Waals surface area contributed by atoms with Crippen molar-refractivity contribution in [3.63, 3.8) is 0 Å². The Morgan fingerprint density at radius 2 is 2.00 bits per heavy atom. The van der Waals surface area contributed by atoms with Gasteiger partial charge in [0.2, 0.25) is 0 Å². The van der Waals surface area contributed by atoms with Gasteiger partial charge in [-0.2, -0.15) is 0 Å². The van der Waals surface area contributed by atoms with Crippen LogP contribution in [-0.4, -0.2) is 26.0 Å². The Balaban J connectivity index is 1.97. The summed E-state index contributed by atoms with van der Waals surface area (Å²) in [5, 5.41) is 0. The van der Waals surface area contributed by atoms with Gasteiger partial charge in [0.25, 0.3) is 0 Å². The van der Waals surface area contributed by atoms with Crippen LogP contribution in [0.4, 0.5) is 0 Å². The summed E-state index contributed by atoms with van der Waals surface area (Å²) in [5.41, 5.74) is 3.09. The number of methoxy groups -OCH3 is 1. The third kappa shape index (κ3) is 3.01. The number of carbonyl (C=O) groups excluding carboxylic acids is 2. The van der Waals surface area contributed by atoms with E-state index in [-0.39, 0.29) is 5.92 Å². The second-order valence-electron chi connectivity index (χ2n) is 5.28. The fraction of sp³-hybridized carbons (Fsp3) is 0.158. The maximum Gasteiger partial charge on any atom is 0.337 e. The molecule has 1 heterocycles. The lowest BCUT2D eigenvalue weighted by Crippen LogP contribution is -2.19.